The van der Waals surface area contributed by atoms with Gasteiger partial charge in [0.2, 0.25) is 0 Å². The molecular weight excluding hydrogens is 192 g/mol. The van der Waals surface area contributed by atoms with E-state index < -0.39 is 0 Å². The number of rotatable bonds is 1. The lowest BCUT2D eigenvalue weighted by Crippen LogP contribution is -1.82. The molecule has 0 saturated carbocycles. The van der Waals surface area contributed by atoms with E-state index in [1.807, 2.05) is 0 Å². The van der Waals surface area contributed by atoms with E-state index in [-0.39, 0.29) is 0 Å². The maximum atomic E-state index is 5.65. The second-order valence-electron chi connectivity index (χ2n) is 3.22. The monoisotopic (exact) mass is 200 g/mol. The molecule has 0 fully saturated rings. The molecule has 0 amide bonds. The van der Waals surface area contributed by atoms with E-state index in [4.69, 9.17) is 14.6 Å². The van der Waals surface area contributed by atoms with Crippen LogP contribution in [0.15, 0.2) is 45.4 Å². The summed E-state index contributed by atoms with van der Waals surface area (Å²) in [4.78, 5) is 4.28. The van der Waals surface area contributed by atoms with Crippen LogP contribution < -0.4 is 5.73 Å². The summed E-state index contributed by atoms with van der Waals surface area (Å²) in [5.41, 5.74) is 7.76. The Kier molecular flexibility index (Phi) is 1.56. The highest BCUT2D eigenvalue weighted by Crippen LogP contribution is 2.25. The summed E-state index contributed by atoms with van der Waals surface area (Å²) in [6.45, 7) is 0. The molecule has 74 valence electrons. The van der Waals surface area contributed by atoms with E-state index in [2.05, 4.69) is 4.98 Å². The van der Waals surface area contributed by atoms with Crippen molar-refractivity contribution >= 4 is 16.8 Å². The van der Waals surface area contributed by atoms with Gasteiger partial charge in [0.15, 0.2) is 11.3 Å². The number of nitrogens with zero attached hydrogens (tertiary/aromatic N) is 1. The maximum absolute atomic E-state index is 5.65. The van der Waals surface area contributed by atoms with Gasteiger partial charge in [0.1, 0.15) is 5.52 Å². The summed E-state index contributed by atoms with van der Waals surface area (Å²) in [5, 5.41) is 0. The Morgan fingerprint density at radius 1 is 1.20 bits per heavy atom. The van der Waals surface area contributed by atoms with E-state index in [0.29, 0.717) is 22.9 Å². The first-order chi connectivity index (χ1) is 7.33. The molecule has 0 aliphatic heterocycles. The topological polar surface area (TPSA) is 65.2 Å². The van der Waals surface area contributed by atoms with Crippen LogP contribution in [0, 0.1) is 0 Å². The summed E-state index contributed by atoms with van der Waals surface area (Å²) in [7, 11) is 0. The lowest BCUT2D eigenvalue weighted by Gasteiger charge is -1.88. The summed E-state index contributed by atoms with van der Waals surface area (Å²) >= 11 is 0. The van der Waals surface area contributed by atoms with E-state index in [1.165, 1.54) is 0 Å². The van der Waals surface area contributed by atoms with Crippen LogP contribution >= 0.6 is 0 Å². The Bertz CT molecular complexity index is 596. The third-order valence-corrected chi connectivity index (χ3v) is 2.14. The van der Waals surface area contributed by atoms with Gasteiger partial charge < -0.3 is 14.6 Å². The average Bonchev–Trinajstić information content (AvgIpc) is 2.84. The number of nitrogens with two attached hydrogens (primary N) is 1. The van der Waals surface area contributed by atoms with Crippen LogP contribution in [0.4, 0.5) is 5.69 Å². The molecule has 0 bridgehead atoms. The Morgan fingerprint density at radius 3 is 2.93 bits per heavy atom. The van der Waals surface area contributed by atoms with E-state index in [0.717, 1.165) is 5.52 Å². The fourth-order valence-electron chi connectivity index (χ4n) is 1.45. The quantitative estimate of drug-likeness (QED) is 0.613. The first-order valence-electron chi connectivity index (χ1n) is 4.53. The predicted octanol–water partition coefficient (Wildman–Crippen LogP) is 2.67. The summed E-state index contributed by atoms with van der Waals surface area (Å²) in [6.07, 6.45) is 1.58. The predicted molar refractivity (Wildman–Crippen MR) is 56.1 cm³/mol. The molecule has 2 N–H and O–H groups in total. The zero-order valence-corrected chi connectivity index (χ0v) is 7.81. The van der Waals surface area contributed by atoms with Gasteiger partial charge in [-0.25, -0.2) is 4.98 Å². The molecule has 3 aromatic rings. The van der Waals surface area contributed by atoms with Crippen LogP contribution in [0.2, 0.25) is 0 Å². The highest BCUT2D eigenvalue weighted by Gasteiger charge is 2.09. The number of furan rings is 1. The zero-order valence-electron chi connectivity index (χ0n) is 7.81. The minimum Gasteiger partial charge on any atom is -0.459 e. The lowest BCUT2D eigenvalue weighted by atomic mass is 10.3. The van der Waals surface area contributed by atoms with Gasteiger partial charge in [0.25, 0.3) is 5.89 Å². The van der Waals surface area contributed by atoms with Gasteiger partial charge in [0, 0.05) is 5.69 Å². The van der Waals surface area contributed by atoms with Crippen molar-refractivity contribution in [3.8, 4) is 11.7 Å². The second kappa shape index (κ2) is 2.88. The third kappa shape index (κ3) is 1.27. The summed E-state index contributed by atoms with van der Waals surface area (Å²) < 4.78 is 10.7. The maximum Gasteiger partial charge on any atom is 0.263 e. The van der Waals surface area contributed by atoms with Crippen molar-refractivity contribution in [2.45, 2.75) is 0 Å². The minimum atomic E-state index is 0.473. The number of nitrogen functional groups attached to an aromatic ring is 1. The van der Waals surface area contributed by atoms with Crippen molar-refractivity contribution in [2.24, 2.45) is 0 Å². The molecule has 0 saturated heterocycles. The third-order valence-electron chi connectivity index (χ3n) is 2.14. The zero-order chi connectivity index (χ0) is 10.3. The van der Waals surface area contributed by atoms with Crippen LogP contribution in [-0.4, -0.2) is 4.98 Å². The lowest BCUT2D eigenvalue weighted by molar-refractivity contribution is 0.535. The highest BCUT2D eigenvalue weighted by atomic mass is 16.4. The van der Waals surface area contributed by atoms with E-state index in [9.17, 15) is 0 Å². The molecule has 3 rings (SSSR count). The van der Waals surface area contributed by atoms with Gasteiger partial charge in [-0.1, -0.05) is 0 Å². The standard InChI is InChI=1S/C11H8N2O2/c12-7-3-4-9-8(6-7)13-11(15-9)10-2-1-5-14-10/h1-6H,12H2. The molecule has 0 aliphatic carbocycles. The van der Waals surface area contributed by atoms with Gasteiger partial charge in [-0.2, -0.15) is 0 Å². The first kappa shape index (κ1) is 8.11. The van der Waals surface area contributed by atoms with Crippen LogP contribution in [-0.2, 0) is 0 Å². The number of hydrogen-bond acceptors (Lipinski definition) is 4. The van der Waals surface area contributed by atoms with Gasteiger partial charge in [-0.05, 0) is 30.3 Å². The average molecular weight is 200 g/mol. The first-order valence-corrected chi connectivity index (χ1v) is 4.53. The van der Waals surface area contributed by atoms with Gasteiger partial charge >= 0.3 is 0 Å². The van der Waals surface area contributed by atoms with E-state index in [1.54, 1.807) is 36.6 Å². The molecule has 0 atom stereocenters. The molecule has 2 heterocycles. The Hall–Kier alpha value is -2.23. The fraction of sp³-hybridized carbons (Fsp3) is 0. The van der Waals surface area contributed by atoms with Crippen LogP contribution in [0.5, 0.6) is 0 Å². The van der Waals surface area contributed by atoms with Crippen LogP contribution in [0.1, 0.15) is 0 Å². The summed E-state index contributed by atoms with van der Waals surface area (Å²) in [5.74, 6) is 1.09. The molecule has 4 heteroatoms. The molecule has 0 spiro atoms. The minimum absolute atomic E-state index is 0.473. The number of hydrogen-bond donors (Lipinski definition) is 1. The number of oxazole rings is 1. The fourth-order valence-corrected chi connectivity index (χ4v) is 1.45. The number of fused-ring (bicyclic) bond motifs is 1. The van der Waals surface area contributed by atoms with Crippen molar-refractivity contribution in [2.75, 3.05) is 5.73 Å². The van der Waals surface area contributed by atoms with Crippen molar-refractivity contribution < 1.29 is 8.83 Å². The van der Waals surface area contributed by atoms with E-state index >= 15 is 0 Å². The van der Waals surface area contributed by atoms with Crippen LogP contribution in [0.25, 0.3) is 22.8 Å². The summed E-state index contributed by atoms with van der Waals surface area (Å²) in [6, 6.07) is 8.93. The number of benzene rings is 1. The second-order valence-corrected chi connectivity index (χ2v) is 3.22. The van der Waals surface area contributed by atoms with Crippen molar-refractivity contribution in [3.63, 3.8) is 0 Å². The van der Waals surface area contributed by atoms with Gasteiger partial charge in [-0.15, -0.1) is 0 Å². The molecule has 4 nitrogen and oxygen atoms in total. The molecule has 2 aromatic heterocycles. The molecule has 0 aliphatic rings. The highest BCUT2D eigenvalue weighted by molar-refractivity contribution is 5.78. The van der Waals surface area contributed by atoms with Crippen molar-refractivity contribution in [1.29, 1.82) is 0 Å². The Morgan fingerprint density at radius 2 is 2.13 bits per heavy atom. The normalized spacial score (nSPS) is 10.9. The van der Waals surface area contributed by atoms with Gasteiger partial charge in [0.05, 0.1) is 6.26 Å². The Labute approximate surface area is 85.3 Å². The van der Waals surface area contributed by atoms with Crippen LogP contribution in [0.3, 0.4) is 0 Å². The molecule has 15 heavy (non-hydrogen) atoms. The molecular formula is C11H8N2O2. The smallest absolute Gasteiger partial charge is 0.263 e. The number of aromatic nitrogens is 1. The molecule has 0 unspecified atom stereocenters. The van der Waals surface area contributed by atoms with Crippen molar-refractivity contribution in [3.05, 3.63) is 36.6 Å². The SMILES string of the molecule is Nc1ccc2oc(-c3ccco3)nc2c1. The van der Waals surface area contributed by atoms with Gasteiger partial charge in [-0.3, -0.25) is 0 Å². The largest absolute Gasteiger partial charge is 0.459 e. The molecule has 0 radical (unpaired) electrons. The Balaban J connectivity index is 2.22. The molecule has 1 aromatic carbocycles. The number of anilines is 1. The van der Waals surface area contributed by atoms with Crippen molar-refractivity contribution in [1.82, 2.24) is 4.98 Å².